The molecule has 0 aliphatic carbocycles. The van der Waals surface area contributed by atoms with Crippen LogP contribution in [0.3, 0.4) is 0 Å². The fourth-order valence-corrected chi connectivity index (χ4v) is 1.68. The van der Waals surface area contributed by atoms with Gasteiger partial charge in [-0.1, -0.05) is 65.1 Å². The Kier molecular flexibility index (Phi) is 4.26. The zero-order valence-corrected chi connectivity index (χ0v) is 9.89. The predicted octanol–water partition coefficient (Wildman–Crippen LogP) is 1.97. The van der Waals surface area contributed by atoms with Crippen molar-refractivity contribution in [2.75, 3.05) is 0 Å². The molecule has 0 saturated heterocycles. The van der Waals surface area contributed by atoms with Gasteiger partial charge >= 0.3 is 0 Å². The number of hydrogen-bond donors (Lipinski definition) is 0. The van der Waals surface area contributed by atoms with E-state index in [0.717, 1.165) is 5.56 Å². The molecule has 1 aromatic rings. The van der Waals surface area contributed by atoms with Crippen LogP contribution in [0.2, 0.25) is 0 Å². The second-order valence-electron chi connectivity index (χ2n) is 3.10. The Morgan fingerprint density at radius 1 is 1.27 bits per heavy atom. The molecular formula is C10H8Cl3O2-. The summed E-state index contributed by atoms with van der Waals surface area (Å²) in [4.78, 5) is 10.8. The smallest absolute Gasteiger partial charge is 0.198 e. The third kappa shape index (κ3) is 3.90. The minimum Gasteiger partial charge on any atom is -0.550 e. The molecule has 0 aliphatic heterocycles. The molecule has 82 valence electrons. The van der Waals surface area contributed by atoms with E-state index in [-0.39, 0.29) is 6.42 Å². The van der Waals surface area contributed by atoms with E-state index < -0.39 is 15.7 Å². The van der Waals surface area contributed by atoms with E-state index in [1.165, 1.54) is 0 Å². The first-order chi connectivity index (χ1) is 6.91. The molecular weight excluding hydrogens is 258 g/mol. The first-order valence-corrected chi connectivity index (χ1v) is 5.36. The molecule has 0 fully saturated rings. The highest BCUT2D eigenvalue weighted by Gasteiger charge is 2.33. The molecule has 0 aromatic heterocycles. The Morgan fingerprint density at radius 2 is 1.80 bits per heavy atom. The van der Waals surface area contributed by atoms with Crippen LogP contribution in [-0.4, -0.2) is 9.76 Å². The standard InChI is InChI=1S/C10H9Cl3O2/c11-10(12,13)8(9(14)15)6-7-4-2-1-3-5-7/h1-5,8H,6H2,(H,14,15)/p-1. The molecule has 0 spiro atoms. The van der Waals surface area contributed by atoms with Gasteiger partial charge in [0.25, 0.3) is 0 Å². The number of benzene rings is 1. The highest BCUT2D eigenvalue weighted by Crippen LogP contribution is 2.36. The lowest BCUT2D eigenvalue weighted by Gasteiger charge is -2.25. The van der Waals surface area contributed by atoms with Crippen molar-refractivity contribution in [3.63, 3.8) is 0 Å². The molecule has 1 unspecified atom stereocenters. The maximum atomic E-state index is 10.8. The normalized spacial score (nSPS) is 13.5. The first kappa shape index (κ1) is 12.6. The monoisotopic (exact) mass is 265 g/mol. The highest BCUT2D eigenvalue weighted by molar-refractivity contribution is 6.68. The lowest BCUT2D eigenvalue weighted by atomic mass is 10.0. The van der Waals surface area contributed by atoms with Gasteiger partial charge in [0, 0.05) is 11.9 Å². The van der Waals surface area contributed by atoms with Crippen LogP contribution in [0.15, 0.2) is 30.3 Å². The molecule has 15 heavy (non-hydrogen) atoms. The molecule has 0 radical (unpaired) electrons. The van der Waals surface area contributed by atoms with Gasteiger partial charge in [-0.3, -0.25) is 0 Å². The maximum absolute atomic E-state index is 10.8. The Labute approximate surface area is 103 Å². The third-order valence-electron chi connectivity index (χ3n) is 1.96. The number of alkyl halides is 3. The van der Waals surface area contributed by atoms with Crippen molar-refractivity contribution < 1.29 is 9.90 Å². The molecule has 0 aliphatic rings. The molecule has 1 atom stereocenters. The molecule has 0 bridgehead atoms. The molecule has 0 saturated carbocycles. The van der Waals surface area contributed by atoms with Crippen LogP contribution in [0.1, 0.15) is 5.56 Å². The molecule has 1 rings (SSSR count). The van der Waals surface area contributed by atoms with Crippen molar-refractivity contribution in [2.24, 2.45) is 5.92 Å². The zero-order chi connectivity index (χ0) is 11.5. The van der Waals surface area contributed by atoms with Gasteiger partial charge in [-0.05, 0) is 12.0 Å². The van der Waals surface area contributed by atoms with E-state index in [1.807, 2.05) is 6.07 Å². The lowest BCUT2D eigenvalue weighted by molar-refractivity contribution is -0.311. The average Bonchev–Trinajstić information content (AvgIpc) is 2.13. The summed E-state index contributed by atoms with van der Waals surface area (Å²) in [7, 11) is 0. The average molecular weight is 267 g/mol. The quantitative estimate of drug-likeness (QED) is 0.785. The van der Waals surface area contributed by atoms with E-state index in [9.17, 15) is 9.90 Å². The molecule has 0 N–H and O–H groups in total. The van der Waals surface area contributed by atoms with Crippen LogP contribution >= 0.6 is 34.8 Å². The molecule has 2 nitrogen and oxygen atoms in total. The van der Waals surface area contributed by atoms with Gasteiger partial charge in [0.2, 0.25) is 0 Å². The fraction of sp³-hybridized carbons (Fsp3) is 0.300. The van der Waals surface area contributed by atoms with Gasteiger partial charge in [-0.15, -0.1) is 0 Å². The molecule has 0 amide bonds. The van der Waals surface area contributed by atoms with E-state index in [0.29, 0.717) is 0 Å². The number of aliphatic carboxylic acids is 1. The number of rotatable bonds is 3. The zero-order valence-electron chi connectivity index (χ0n) is 7.62. The largest absolute Gasteiger partial charge is 0.550 e. The summed E-state index contributed by atoms with van der Waals surface area (Å²) in [6.07, 6.45) is 0.139. The van der Waals surface area contributed by atoms with Gasteiger partial charge in [0.1, 0.15) is 0 Å². The van der Waals surface area contributed by atoms with Gasteiger partial charge in [-0.2, -0.15) is 0 Å². The number of hydrogen-bond acceptors (Lipinski definition) is 2. The van der Waals surface area contributed by atoms with Crippen LogP contribution in [0.5, 0.6) is 0 Å². The van der Waals surface area contributed by atoms with E-state index in [2.05, 4.69) is 0 Å². The minimum atomic E-state index is -1.85. The van der Waals surface area contributed by atoms with E-state index >= 15 is 0 Å². The van der Waals surface area contributed by atoms with E-state index in [1.54, 1.807) is 24.3 Å². The van der Waals surface area contributed by atoms with Gasteiger partial charge in [-0.25, -0.2) is 0 Å². The van der Waals surface area contributed by atoms with Crippen molar-refractivity contribution in [3.05, 3.63) is 35.9 Å². The summed E-state index contributed by atoms with van der Waals surface area (Å²) in [5, 5.41) is 10.8. The van der Waals surface area contributed by atoms with Crippen molar-refractivity contribution in [3.8, 4) is 0 Å². The van der Waals surface area contributed by atoms with Crippen LogP contribution < -0.4 is 5.11 Å². The van der Waals surface area contributed by atoms with Gasteiger partial charge in [0.05, 0.1) is 0 Å². The topological polar surface area (TPSA) is 40.1 Å². The SMILES string of the molecule is O=C([O-])C(Cc1ccccc1)C(Cl)(Cl)Cl. The molecule has 0 heterocycles. The highest BCUT2D eigenvalue weighted by atomic mass is 35.6. The fourth-order valence-electron chi connectivity index (χ4n) is 1.18. The van der Waals surface area contributed by atoms with Gasteiger partial charge < -0.3 is 9.90 Å². The number of carboxylic acid groups (broad SMARTS) is 1. The molecule has 1 aromatic carbocycles. The van der Waals surface area contributed by atoms with Crippen LogP contribution in [-0.2, 0) is 11.2 Å². The van der Waals surface area contributed by atoms with Crippen molar-refractivity contribution in [1.29, 1.82) is 0 Å². The van der Waals surface area contributed by atoms with Crippen LogP contribution in [0.25, 0.3) is 0 Å². The Morgan fingerprint density at radius 3 is 2.20 bits per heavy atom. The Hall–Kier alpha value is -0.440. The lowest BCUT2D eigenvalue weighted by Crippen LogP contribution is -2.40. The first-order valence-electron chi connectivity index (χ1n) is 4.23. The van der Waals surface area contributed by atoms with Gasteiger partial charge in [0.15, 0.2) is 3.79 Å². The van der Waals surface area contributed by atoms with E-state index in [4.69, 9.17) is 34.8 Å². The summed E-state index contributed by atoms with van der Waals surface area (Å²) in [5.74, 6) is -2.51. The van der Waals surface area contributed by atoms with Crippen molar-refractivity contribution in [2.45, 2.75) is 10.2 Å². The summed E-state index contributed by atoms with van der Waals surface area (Å²) in [6, 6.07) is 8.95. The Balaban J connectivity index is 2.82. The van der Waals surface area contributed by atoms with Crippen LogP contribution in [0, 0.1) is 5.92 Å². The minimum absolute atomic E-state index is 0.139. The number of halogens is 3. The second kappa shape index (κ2) is 5.06. The van der Waals surface area contributed by atoms with Crippen molar-refractivity contribution in [1.82, 2.24) is 0 Å². The summed E-state index contributed by atoms with van der Waals surface area (Å²) >= 11 is 16.7. The Bertz CT molecular complexity index is 332. The number of carboxylic acids is 1. The second-order valence-corrected chi connectivity index (χ2v) is 5.47. The number of carbonyl (C=O) groups excluding carboxylic acids is 1. The molecule has 5 heteroatoms. The summed E-state index contributed by atoms with van der Waals surface area (Å²) in [6.45, 7) is 0. The maximum Gasteiger partial charge on any atom is 0.198 e. The van der Waals surface area contributed by atoms with Crippen LogP contribution in [0.4, 0.5) is 0 Å². The summed E-state index contributed by atoms with van der Waals surface area (Å²) in [5.41, 5.74) is 0.790. The third-order valence-corrected chi connectivity index (χ3v) is 2.75. The predicted molar refractivity (Wildman–Crippen MR) is 58.9 cm³/mol. The summed E-state index contributed by atoms with van der Waals surface area (Å²) < 4.78 is -1.85. The van der Waals surface area contributed by atoms with Crippen molar-refractivity contribution >= 4 is 40.8 Å². The number of carbonyl (C=O) groups is 1.